The van der Waals surface area contributed by atoms with Gasteiger partial charge in [-0.3, -0.25) is 9.59 Å². The molecule has 0 atom stereocenters. The number of imide groups is 1. The second-order valence-corrected chi connectivity index (χ2v) is 7.39. The smallest absolute Gasteiger partial charge is 0.322 e. The molecule has 2 aromatic carbocycles. The molecule has 2 heterocycles. The Morgan fingerprint density at radius 2 is 1.67 bits per heavy atom. The Hall–Kier alpha value is -3.74. The molecule has 30 heavy (non-hydrogen) atoms. The minimum Gasteiger partial charge on any atom is -0.322 e. The third-order valence-electron chi connectivity index (χ3n) is 5.64. The van der Waals surface area contributed by atoms with Gasteiger partial charge in [0.2, 0.25) is 0 Å². The number of fused-ring (bicyclic) bond motifs is 2. The first-order chi connectivity index (χ1) is 14.6. The van der Waals surface area contributed by atoms with Gasteiger partial charge in [-0.15, -0.1) is 0 Å². The highest BCUT2D eigenvalue weighted by atomic mass is 16.7. The van der Waals surface area contributed by atoms with Crippen molar-refractivity contribution in [1.82, 2.24) is 14.8 Å². The fraction of sp³-hybridized carbons (Fsp3) is 0.217. The van der Waals surface area contributed by atoms with Gasteiger partial charge in [0.25, 0.3) is 11.8 Å². The van der Waals surface area contributed by atoms with Crippen LogP contribution in [0.15, 0.2) is 48.5 Å². The molecule has 7 heteroatoms. The summed E-state index contributed by atoms with van der Waals surface area (Å²) in [6, 6.07) is 14.4. The standard InChI is InChI=1S/C23H19N3O4/c1-2-14-10-12-15(13-11-14)25-19-9-5-8-18(19)20(24-25)23(29)30-26-21(27)16-6-3-4-7-17(16)22(26)28/h3-4,6-7,10-13H,2,5,8-9H2,1H3. The first-order valence-corrected chi connectivity index (χ1v) is 9.98. The van der Waals surface area contributed by atoms with Crippen molar-refractivity contribution in [2.24, 2.45) is 0 Å². The van der Waals surface area contributed by atoms with Crippen LogP contribution in [-0.4, -0.2) is 32.6 Å². The zero-order chi connectivity index (χ0) is 20.8. The summed E-state index contributed by atoms with van der Waals surface area (Å²) in [6.07, 6.45) is 3.36. The number of benzene rings is 2. The van der Waals surface area contributed by atoms with Gasteiger partial charge in [-0.1, -0.05) is 36.3 Å². The summed E-state index contributed by atoms with van der Waals surface area (Å²) in [6.45, 7) is 2.09. The number of amides is 2. The molecule has 0 radical (unpaired) electrons. The normalized spacial score (nSPS) is 14.8. The maximum absolute atomic E-state index is 12.9. The lowest BCUT2D eigenvalue weighted by molar-refractivity contribution is -0.0589. The van der Waals surface area contributed by atoms with Gasteiger partial charge in [0.1, 0.15) is 0 Å². The van der Waals surface area contributed by atoms with Crippen molar-refractivity contribution < 1.29 is 19.2 Å². The summed E-state index contributed by atoms with van der Waals surface area (Å²) in [5.74, 6) is -2.09. The number of rotatable bonds is 4. The molecule has 1 aliphatic carbocycles. The van der Waals surface area contributed by atoms with Crippen LogP contribution in [0.3, 0.4) is 0 Å². The molecule has 0 saturated carbocycles. The summed E-state index contributed by atoms with van der Waals surface area (Å²) in [7, 11) is 0. The van der Waals surface area contributed by atoms with Crippen LogP contribution >= 0.6 is 0 Å². The number of hydrogen-bond donors (Lipinski definition) is 0. The molecule has 5 rings (SSSR count). The molecule has 0 N–H and O–H groups in total. The van der Waals surface area contributed by atoms with E-state index in [1.807, 2.05) is 24.3 Å². The van der Waals surface area contributed by atoms with E-state index in [0.717, 1.165) is 36.2 Å². The van der Waals surface area contributed by atoms with Crippen LogP contribution in [0.5, 0.6) is 0 Å². The lowest BCUT2D eigenvalue weighted by Crippen LogP contribution is -2.33. The molecule has 2 amide bonds. The highest BCUT2D eigenvalue weighted by Crippen LogP contribution is 2.29. The van der Waals surface area contributed by atoms with Crippen molar-refractivity contribution in [2.75, 3.05) is 0 Å². The number of hydrogen-bond acceptors (Lipinski definition) is 5. The number of hydroxylamine groups is 2. The molecule has 1 aromatic heterocycles. The summed E-state index contributed by atoms with van der Waals surface area (Å²) in [5, 5.41) is 5.02. The Morgan fingerprint density at radius 3 is 2.30 bits per heavy atom. The Kier molecular flexibility index (Phi) is 4.24. The molecular formula is C23H19N3O4. The van der Waals surface area contributed by atoms with E-state index < -0.39 is 17.8 Å². The molecule has 0 spiro atoms. The lowest BCUT2D eigenvalue weighted by Gasteiger charge is -2.12. The van der Waals surface area contributed by atoms with Gasteiger partial charge in [-0.25, -0.2) is 9.48 Å². The zero-order valence-electron chi connectivity index (χ0n) is 16.4. The van der Waals surface area contributed by atoms with Crippen LogP contribution < -0.4 is 0 Å². The molecule has 3 aromatic rings. The van der Waals surface area contributed by atoms with E-state index in [2.05, 4.69) is 12.0 Å². The van der Waals surface area contributed by atoms with Crippen LogP contribution in [0.25, 0.3) is 5.69 Å². The highest BCUT2D eigenvalue weighted by molar-refractivity contribution is 6.21. The predicted molar refractivity (Wildman–Crippen MR) is 107 cm³/mol. The first-order valence-electron chi connectivity index (χ1n) is 9.98. The summed E-state index contributed by atoms with van der Waals surface area (Å²) < 4.78 is 1.76. The predicted octanol–water partition coefficient (Wildman–Crippen LogP) is 3.29. The third-order valence-corrected chi connectivity index (χ3v) is 5.64. The SMILES string of the molecule is CCc1ccc(-n2nc(C(=O)ON3C(=O)c4ccccc4C3=O)c3c2CCC3)cc1. The van der Waals surface area contributed by atoms with Gasteiger partial charge < -0.3 is 4.84 Å². The molecule has 0 unspecified atom stereocenters. The van der Waals surface area contributed by atoms with Crippen molar-refractivity contribution in [3.8, 4) is 5.69 Å². The number of aromatic nitrogens is 2. The van der Waals surface area contributed by atoms with E-state index in [0.29, 0.717) is 11.5 Å². The van der Waals surface area contributed by atoms with Crippen molar-refractivity contribution >= 4 is 17.8 Å². The van der Waals surface area contributed by atoms with Gasteiger partial charge in [0.05, 0.1) is 16.8 Å². The van der Waals surface area contributed by atoms with Crippen molar-refractivity contribution in [1.29, 1.82) is 0 Å². The van der Waals surface area contributed by atoms with Crippen molar-refractivity contribution in [2.45, 2.75) is 32.6 Å². The van der Waals surface area contributed by atoms with E-state index in [1.165, 1.54) is 17.7 Å². The van der Waals surface area contributed by atoms with Gasteiger partial charge in [-0.2, -0.15) is 5.10 Å². The number of carbonyl (C=O) groups is 3. The molecule has 150 valence electrons. The minimum absolute atomic E-state index is 0.152. The monoisotopic (exact) mass is 401 g/mol. The van der Waals surface area contributed by atoms with E-state index in [1.54, 1.807) is 16.8 Å². The fourth-order valence-electron chi connectivity index (χ4n) is 4.06. The van der Waals surface area contributed by atoms with Gasteiger partial charge in [0.15, 0.2) is 5.69 Å². The molecule has 0 bridgehead atoms. The van der Waals surface area contributed by atoms with Crippen LogP contribution in [-0.2, 0) is 24.1 Å². The van der Waals surface area contributed by atoms with Crippen LogP contribution in [0.4, 0.5) is 0 Å². The molecular weight excluding hydrogens is 382 g/mol. The van der Waals surface area contributed by atoms with Crippen molar-refractivity contribution in [3.63, 3.8) is 0 Å². The zero-order valence-corrected chi connectivity index (χ0v) is 16.4. The number of carbonyl (C=O) groups excluding carboxylic acids is 3. The Balaban J connectivity index is 1.46. The molecule has 2 aliphatic rings. The summed E-state index contributed by atoms with van der Waals surface area (Å²) >= 11 is 0. The van der Waals surface area contributed by atoms with Gasteiger partial charge in [0, 0.05) is 11.3 Å². The first kappa shape index (κ1) is 18.3. The maximum atomic E-state index is 12.9. The quantitative estimate of drug-likeness (QED) is 0.627. The average Bonchev–Trinajstić information content (AvgIpc) is 3.44. The fourth-order valence-corrected chi connectivity index (χ4v) is 4.06. The number of nitrogens with zero attached hydrogens (tertiary/aromatic N) is 3. The van der Waals surface area contributed by atoms with E-state index in [-0.39, 0.29) is 16.8 Å². The summed E-state index contributed by atoms with van der Waals surface area (Å²) in [4.78, 5) is 43.1. The van der Waals surface area contributed by atoms with Crippen molar-refractivity contribution in [3.05, 3.63) is 82.2 Å². The average molecular weight is 401 g/mol. The highest BCUT2D eigenvalue weighted by Gasteiger charge is 2.40. The van der Waals surface area contributed by atoms with Gasteiger partial charge >= 0.3 is 5.97 Å². The van der Waals surface area contributed by atoms with Crippen LogP contribution in [0.1, 0.15) is 61.4 Å². The van der Waals surface area contributed by atoms with E-state index in [9.17, 15) is 14.4 Å². The van der Waals surface area contributed by atoms with Crippen LogP contribution in [0.2, 0.25) is 0 Å². The Bertz CT molecular complexity index is 1160. The van der Waals surface area contributed by atoms with Crippen LogP contribution in [0, 0.1) is 0 Å². The largest absolute Gasteiger partial charge is 0.384 e. The second-order valence-electron chi connectivity index (χ2n) is 7.39. The van der Waals surface area contributed by atoms with Gasteiger partial charge in [-0.05, 0) is 55.5 Å². The molecule has 0 saturated heterocycles. The molecule has 0 fully saturated rings. The third kappa shape index (κ3) is 2.74. The molecule has 1 aliphatic heterocycles. The maximum Gasteiger partial charge on any atom is 0.384 e. The van der Waals surface area contributed by atoms with E-state index in [4.69, 9.17) is 4.84 Å². The van der Waals surface area contributed by atoms with E-state index >= 15 is 0 Å². The minimum atomic E-state index is -0.799. The molecule has 7 nitrogen and oxygen atoms in total. The Morgan fingerprint density at radius 1 is 1.00 bits per heavy atom. The lowest BCUT2D eigenvalue weighted by atomic mass is 10.1. The second kappa shape index (κ2) is 6.95. The summed E-state index contributed by atoms with van der Waals surface area (Å²) in [5.41, 5.74) is 4.46. The topological polar surface area (TPSA) is 81.5 Å². The number of aryl methyl sites for hydroxylation is 1. The Labute approximate surface area is 172 Å².